The predicted octanol–water partition coefficient (Wildman–Crippen LogP) is 2.46. The van der Waals surface area contributed by atoms with Gasteiger partial charge in [-0.15, -0.1) is 0 Å². The van der Waals surface area contributed by atoms with Crippen LogP contribution in [0.5, 0.6) is 11.5 Å². The third kappa shape index (κ3) is 4.54. The molecular formula is C23H27N5O3. The Labute approximate surface area is 182 Å². The molecule has 4 rings (SSSR count). The van der Waals surface area contributed by atoms with E-state index < -0.39 is 0 Å². The number of pyridine rings is 1. The molecule has 1 aliphatic heterocycles. The van der Waals surface area contributed by atoms with Gasteiger partial charge in [0.25, 0.3) is 5.91 Å². The van der Waals surface area contributed by atoms with Crippen molar-refractivity contribution in [1.29, 1.82) is 0 Å². The zero-order valence-corrected chi connectivity index (χ0v) is 18.1. The molecule has 2 aromatic heterocycles. The van der Waals surface area contributed by atoms with Crippen LogP contribution in [0.4, 0.5) is 0 Å². The molecule has 1 aromatic carbocycles. The quantitative estimate of drug-likeness (QED) is 0.609. The van der Waals surface area contributed by atoms with Gasteiger partial charge < -0.3 is 14.4 Å². The normalized spacial score (nSPS) is 14.5. The summed E-state index contributed by atoms with van der Waals surface area (Å²) >= 11 is 0. The molecule has 1 saturated heterocycles. The van der Waals surface area contributed by atoms with E-state index in [2.05, 4.69) is 21.0 Å². The highest BCUT2D eigenvalue weighted by atomic mass is 16.5. The van der Waals surface area contributed by atoms with Crippen molar-refractivity contribution >= 4 is 5.91 Å². The molecule has 0 bridgehead atoms. The van der Waals surface area contributed by atoms with Gasteiger partial charge in [0.1, 0.15) is 11.5 Å². The van der Waals surface area contributed by atoms with Crippen LogP contribution in [0.3, 0.4) is 0 Å². The Kier molecular flexibility index (Phi) is 6.18. The molecule has 1 aliphatic rings. The summed E-state index contributed by atoms with van der Waals surface area (Å²) in [5.74, 6) is 1.18. The second kappa shape index (κ2) is 9.18. The Bertz CT molecular complexity index is 1040. The maximum absolute atomic E-state index is 13.0. The summed E-state index contributed by atoms with van der Waals surface area (Å²) in [4.78, 5) is 21.4. The first-order valence-electron chi connectivity index (χ1n) is 10.3. The molecule has 0 atom stereocenters. The number of carbonyl (C=O) groups excluding carboxylic acids is 1. The highest BCUT2D eigenvalue weighted by Gasteiger charge is 2.25. The molecular weight excluding hydrogens is 394 g/mol. The first kappa shape index (κ1) is 20.9. The fraction of sp³-hybridized carbons (Fsp3) is 0.348. The molecule has 31 heavy (non-hydrogen) atoms. The molecule has 0 aliphatic carbocycles. The van der Waals surface area contributed by atoms with Crippen molar-refractivity contribution in [3.05, 3.63) is 60.0 Å². The van der Waals surface area contributed by atoms with Crippen LogP contribution >= 0.6 is 0 Å². The van der Waals surface area contributed by atoms with Crippen molar-refractivity contribution in [3.63, 3.8) is 0 Å². The number of aryl methyl sites for hydroxylation is 1. The molecule has 1 amide bonds. The van der Waals surface area contributed by atoms with Crippen LogP contribution < -0.4 is 9.47 Å². The third-order valence-electron chi connectivity index (χ3n) is 5.62. The van der Waals surface area contributed by atoms with Gasteiger partial charge in [-0.2, -0.15) is 5.10 Å². The Hall–Kier alpha value is -3.39. The van der Waals surface area contributed by atoms with Crippen LogP contribution in [0, 0.1) is 0 Å². The highest BCUT2D eigenvalue weighted by Crippen LogP contribution is 2.26. The number of piperazine rings is 1. The summed E-state index contributed by atoms with van der Waals surface area (Å²) < 4.78 is 12.5. The minimum absolute atomic E-state index is 0.0152. The number of hydrogen-bond donors (Lipinski definition) is 0. The van der Waals surface area contributed by atoms with Crippen molar-refractivity contribution in [1.82, 2.24) is 24.6 Å². The van der Waals surface area contributed by atoms with Gasteiger partial charge in [-0.05, 0) is 30.3 Å². The lowest BCUT2D eigenvalue weighted by atomic mass is 10.1. The summed E-state index contributed by atoms with van der Waals surface area (Å²) in [5, 5.41) is 4.62. The van der Waals surface area contributed by atoms with Crippen LogP contribution in [-0.2, 0) is 13.6 Å². The van der Waals surface area contributed by atoms with Gasteiger partial charge in [0.2, 0.25) is 0 Å². The number of benzene rings is 1. The smallest absolute Gasteiger partial charge is 0.257 e. The number of rotatable bonds is 6. The average Bonchev–Trinajstić information content (AvgIpc) is 3.19. The maximum atomic E-state index is 13.0. The van der Waals surface area contributed by atoms with Crippen LogP contribution in [0.15, 0.2) is 48.8 Å². The topological polar surface area (TPSA) is 72.7 Å². The first-order valence-corrected chi connectivity index (χ1v) is 10.3. The van der Waals surface area contributed by atoms with Gasteiger partial charge in [0.15, 0.2) is 0 Å². The molecule has 162 valence electrons. The van der Waals surface area contributed by atoms with Crippen molar-refractivity contribution in [2.75, 3.05) is 40.4 Å². The predicted molar refractivity (Wildman–Crippen MR) is 117 cm³/mol. The number of hydrogen-bond acceptors (Lipinski definition) is 6. The highest BCUT2D eigenvalue weighted by molar-refractivity contribution is 5.97. The maximum Gasteiger partial charge on any atom is 0.257 e. The lowest BCUT2D eigenvalue weighted by Crippen LogP contribution is -2.48. The molecule has 0 saturated carbocycles. The van der Waals surface area contributed by atoms with E-state index in [4.69, 9.17) is 9.47 Å². The Morgan fingerprint density at radius 1 is 1.06 bits per heavy atom. The number of amides is 1. The van der Waals surface area contributed by atoms with Crippen molar-refractivity contribution in [2.24, 2.45) is 7.05 Å². The number of nitrogens with zero attached hydrogens (tertiary/aromatic N) is 5. The van der Waals surface area contributed by atoms with E-state index in [0.717, 1.165) is 36.6 Å². The number of aromatic nitrogens is 3. The molecule has 3 heterocycles. The molecule has 0 N–H and O–H groups in total. The standard InChI is InChI=1S/C23H27N5O3/c1-26-18(13-21(25-26)17-5-4-8-24-15-17)16-27-9-11-28(12-10-27)23(29)20-7-6-19(30-2)14-22(20)31-3/h4-8,13-15H,9-12,16H2,1-3H3. The van der Waals surface area contributed by atoms with Gasteiger partial charge >= 0.3 is 0 Å². The van der Waals surface area contributed by atoms with Crippen LogP contribution in [0.25, 0.3) is 11.3 Å². The molecule has 0 spiro atoms. The Morgan fingerprint density at radius 2 is 1.87 bits per heavy atom. The fourth-order valence-electron chi connectivity index (χ4n) is 3.79. The molecule has 0 radical (unpaired) electrons. The van der Waals surface area contributed by atoms with Crippen molar-refractivity contribution < 1.29 is 14.3 Å². The molecule has 3 aromatic rings. The third-order valence-corrected chi connectivity index (χ3v) is 5.62. The minimum atomic E-state index is -0.0152. The van der Waals surface area contributed by atoms with E-state index in [-0.39, 0.29) is 5.91 Å². The van der Waals surface area contributed by atoms with Crippen LogP contribution in [0.2, 0.25) is 0 Å². The SMILES string of the molecule is COc1ccc(C(=O)N2CCN(Cc3cc(-c4cccnc4)nn3C)CC2)c(OC)c1. The van der Waals surface area contributed by atoms with Crippen molar-refractivity contribution in [2.45, 2.75) is 6.54 Å². The van der Waals surface area contributed by atoms with Gasteiger partial charge in [0, 0.05) is 63.8 Å². The van der Waals surface area contributed by atoms with E-state index in [1.807, 2.05) is 35.0 Å². The van der Waals surface area contributed by atoms with Crippen LogP contribution in [0.1, 0.15) is 16.1 Å². The van der Waals surface area contributed by atoms with Gasteiger partial charge in [-0.25, -0.2) is 0 Å². The van der Waals surface area contributed by atoms with Gasteiger partial charge in [0.05, 0.1) is 31.2 Å². The monoisotopic (exact) mass is 421 g/mol. The van der Waals surface area contributed by atoms with E-state index in [9.17, 15) is 4.79 Å². The number of carbonyl (C=O) groups is 1. The molecule has 1 fully saturated rings. The molecule has 8 nitrogen and oxygen atoms in total. The summed E-state index contributed by atoms with van der Waals surface area (Å²) in [6, 6.07) is 11.3. The number of methoxy groups -OCH3 is 2. The number of ether oxygens (including phenoxy) is 2. The summed E-state index contributed by atoms with van der Waals surface area (Å²) in [6.07, 6.45) is 3.58. The summed E-state index contributed by atoms with van der Waals surface area (Å²) in [5.41, 5.74) is 3.62. The van der Waals surface area contributed by atoms with E-state index in [1.165, 1.54) is 0 Å². The largest absolute Gasteiger partial charge is 0.497 e. The van der Waals surface area contributed by atoms with Crippen LogP contribution in [-0.4, -0.2) is 70.9 Å². The Morgan fingerprint density at radius 3 is 2.55 bits per heavy atom. The lowest BCUT2D eigenvalue weighted by molar-refractivity contribution is 0.0622. The van der Waals surface area contributed by atoms with E-state index >= 15 is 0 Å². The Balaban J connectivity index is 1.38. The van der Waals surface area contributed by atoms with E-state index in [1.54, 1.807) is 38.6 Å². The van der Waals surface area contributed by atoms with E-state index in [0.29, 0.717) is 30.2 Å². The van der Waals surface area contributed by atoms with Crippen molar-refractivity contribution in [3.8, 4) is 22.8 Å². The molecule has 8 heteroatoms. The lowest BCUT2D eigenvalue weighted by Gasteiger charge is -2.34. The zero-order valence-electron chi connectivity index (χ0n) is 18.1. The first-order chi connectivity index (χ1) is 15.1. The zero-order chi connectivity index (χ0) is 21.8. The summed E-state index contributed by atoms with van der Waals surface area (Å²) in [7, 11) is 5.12. The minimum Gasteiger partial charge on any atom is -0.497 e. The molecule has 0 unspecified atom stereocenters. The average molecular weight is 422 g/mol. The van der Waals surface area contributed by atoms with Gasteiger partial charge in [-0.1, -0.05) is 0 Å². The second-order valence-corrected chi connectivity index (χ2v) is 7.52. The summed E-state index contributed by atoms with van der Waals surface area (Å²) in [6.45, 7) is 3.73. The second-order valence-electron chi connectivity index (χ2n) is 7.52. The van der Waals surface area contributed by atoms with Gasteiger partial charge in [-0.3, -0.25) is 19.4 Å². The fourth-order valence-corrected chi connectivity index (χ4v) is 3.79.